The van der Waals surface area contributed by atoms with Gasteiger partial charge in [0.15, 0.2) is 0 Å². The lowest BCUT2D eigenvalue weighted by Gasteiger charge is -2.21. The van der Waals surface area contributed by atoms with Crippen LogP contribution in [0.25, 0.3) is 0 Å². The van der Waals surface area contributed by atoms with Gasteiger partial charge in [-0.1, -0.05) is 13.8 Å². The van der Waals surface area contributed by atoms with Crippen LogP contribution in [0.3, 0.4) is 0 Å². The van der Waals surface area contributed by atoms with Gasteiger partial charge in [0.1, 0.15) is 11.6 Å². The number of nitrogens with two attached hydrogens (primary N) is 1. The quantitative estimate of drug-likeness (QED) is 0.599. The Labute approximate surface area is 88.4 Å². The molecular weight excluding hydrogens is 198 g/mol. The number of hydrogen-bond acceptors (Lipinski definition) is 2. The van der Waals surface area contributed by atoms with Crippen LogP contribution in [0, 0.1) is 24.5 Å². The number of benzene rings is 1. The monoisotopic (exact) mass is 214 g/mol. The molecule has 1 aromatic carbocycles. The van der Waals surface area contributed by atoms with E-state index in [1.165, 1.54) is 6.07 Å². The van der Waals surface area contributed by atoms with E-state index in [0.717, 1.165) is 6.07 Å². The Bertz CT molecular complexity index is 351. The normalized spacial score (nSPS) is 13.3. The van der Waals surface area contributed by atoms with Crippen LogP contribution in [0.4, 0.5) is 8.78 Å². The number of aryl methyl sites for hydroxylation is 1. The molecule has 0 heterocycles. The molecule has 0 aromatic heterocycles. The van der Waals surface area contributed by atoms with Crippen molar-refractivity contribution in [2.75, 3.05) is 0 Å². The van der Waals surface area contributed by atoms with Crippen molar-refractivity contribution < 1.29 is 8.78 Å². The summed E-state index contributed by atoms with van der Waals surface area (Å²) < 4.78 is 26.5. The summed E-state index contributed by atoms with van der Waals surface area (Å²) in [7, 11) is 0. The first-order valence-electron chi connectivity index (χ1n) is 4.89. The first kappa shape index (κ1) is 12.1. The molecule has 0 saturated carbocycles. The average molecular weight is 214 g/mol. The van der Waals surface area contributed by atoms with Crippen molar-refractivity contribution in [1.82, 2.24) is 5.43 Å². The van der Waals surface area contributed by atoms with E-state index in [1.807, 2.05) is 13.8 Å². The fraction of sp³-hybridized carbons (Fsp3) is 0.455. The van der Waals surface area contributed by atoms with Gasteiger partial charge in [0, 0.05) is 11.6 Å². The van der Waals surface area contributed by atoms with E-state index in [0.29, 0.717) is 11.1 Å². The molecule has 0 bridgehead atoms. The molecule has 1 atom stereocenters. The third-order valence-electron chi connectivity index (χ3n) is 2.46. The highest BCUT2D eigenvalue weighted by molar-refractivity contribution is 5.28. The van der Waals surface area contributed by atoms with Crippen molar-refractivity contribution in [1.29, 1.82) is 0 Å². The van der Waals surface area contributed by atoms with Crippen LogP contribution in [-0.2, 0) is 0 Å². The van der Waals surface area contributed by atoms with Crippen LogP contribution >= 0.6 is 0 Å². The number of nitrogens with one attached hydrogen (secondary N) is 1. The van der Waals surface area contributed by atoms with Crippen LogP contribution in [0.15, 0.2) is 12.1 Å². The van der Waals surface area contributed by atoms with E-state index < -0.39 is 11.6 Å². The Kier molecular flexibility index (Phi) is 3.77. The van der Waals surface area contributed by atoms with Crippen LogP contribution in [-0.4, -0.2) is 0 Å². The molecular formula is C11H16F2N2. The van der Waals surface area contributed by atoms with Gasteiger partial charge >= 0.3 is 0 Å². The third-order valence-corrected chi connectivity index (χ3v) is 2.46. The molecule has 0 spiro atoms. The molecule has 0 amide bonds. The predicted octanol–water partition coefficient (Wildman–Crippen LogP) is 2.43. The van der Waals surface area contributed by atoms with Crippen LogP contribution < -0.4 is 11.3 Å². The van der Waals surface area contributed by atoms with Crippen molar-refractivity contribution >= 4 is 0 Å². The summed E-state index contributed by atoms with van der Waals surface area (Å²) in [5.41, 5.74) is 3.37. The Morgan fingerprint density at radius 1 is 1.20 bits per heavy atom. The lowest BCUT2D eigenvalue weighted by molar-refractivity contribution is 0.403. The van der Waals surface area contributed by atoms with E-state index in [9.17, 15) is 8.78 Å². The highest BCUT2D eigenvalue weighted by atomic mass is 19.1. The summed E-state index contributed by atoms with van der Waals surface area (Å²) >= 11 is 0. The third kappa shape index (κ3) is 2.52. The van der Waals surface area contributed by atoms with Gasteiger partial charge in [0.2, 0.25) is 0 Å². The summed E-state index contributed by atoms with van der Waals surface area (Å²) in [5, 5.41) is 0. The molecule has 15 heavy (non-hydrogen) atoms. The van der Waals surface area contributed by atoms with Crippen molar-refractivity contribution in [3.8, 4) is 0 Å². The Morgan fingerprint density at radius 2 is 1.80 bits per heavy atom. The molecule has 84 valence electrons. The molecule has 0 fully saturated rings. The minimum absolute atomic E-state index is 0.134. The van der Waals surface area contributed by atoms with E-state index in [4.69, 9.17) is 5.84 Å². The second-order valence-corrected chi connectivity index (χ2v) is 4.01. The molecule has 0 saturated heterocycles. The predicted molar refractivity (Wildman–Crippen MR) is 56.0 cm³/mol. The van der Waals surface area contributed by atoms with E-state index in [2.05, 4.69) is 5.43 Å². The zero-order valence-electron chi connectivity index (χ0n) is 9.14. The van der Waals surface area contributed by atoms with Crippen LogP contribution in [0.2, 0.25) is 0 Å². The average Bonchev–Trinajstić information content (AvgIpc) is 2.14. The van der Waals surface area contributed by atoms with E-state index in [1.54, 1.807) is 6.92 Å². The largest absolute Gasteiger partial charge is 0.271 e. The van der Waals surface area contributed by atoms with Crippen molar-refractivity contribution in [2.45, 2.75) is 26.8 Å². The SMILES string of the molecule is Cc1cc(C(NN)C(C)C)c(F)cc1F. The van der Waals surface area contributed by atoms with Crippen molar-refractivity contribution in [3.05, 3.63) is 34.9 Å². The van der Waals surface area contributed by atoms with E-state index >= 15 is 0 Å². The number of hydrazine groups is 1. The fourth-order valence-corrected chi connectivity index (χ4v) is 1.56. The smallest absolute Gasteiger partial charge is 0.130 e. The molecule has 4 heteroatoms. The van der Waals surface area contributed by atoms with Crippen LogP contribution in [0.1, 0.15) is 31.0 Å². The summed E-state index contributed by atoms with van der Waals surface area (Å²) in [4.78, 5) is 0. The highest BCUT2D eigenvalue weighted by Gasteiger charge is 2.19. The van der Waals surface area contributed by atoms with E-state index in [-0.39, 0.29) is 12.0 Å². The van der Waals surface area contributed by atoms with Crippen molar-refractivity contribution in [2.24, 2.45) is 11.8 Å². The van der Waals surface area contributed by atoms with Gasteiger partial charge in [-0.15, -0.1) is 0 Å². The summed E-state index contributed by atoms with van der Waals surface area (Å²) in [6, 6.07) is 2.09. The molecule has 0 aliphatic rings. The van der Waals surface area contributed by atoms with Crippen molar-refractivity contribution in [3.63, 3.8) is 0 Å². The van der Waals surface area contributed by atoms with Gasteiger partial charge < -0.3 is 0 Å². The van der Waals surface area contributed by atoms with Gasteiger partial charge in [0.05, 0.1) is 6.04 Å². The lowest BCUT2D eigenvalue weighted by Crippen LogP contribution is -2.32. The van der Waals surface area contributed by atoms with Gasteiger partial charge in [0.25, 0.3) is 0 Å². The molecule has 1 rings (SSSR count). The summed E-state index contributed by atoms with van der Waals surface area (Å²) in [6.45, 7) is 5.44. The molecule has 0 aliphatic heterocycles. The zero-order valence-corrected chi connectivity index (χ0v) is 9.14. The molecule has 1 aromatic rings. The fourth-order valence-electron chi connectivity index (χ4n) is 1.56. The topological polar surface area (TPSA) is 38.0 Å². The number of hydrogen-bond donors (Lipinski definition) is 2. The maximum atomic E-state index is 13.5. The molecule has 2 nitrogen and oxygen atoms in total. The first-order chi connectivity index (χ1) is 6.97. The second-order valence-electron chi connectivity index (χ2n) is 4.01. The standard InChI is InChI=1S/C11H16F2N2/c1-6(2)11(15-14)8-4-7(3)9(12)5-10(8)13/h4-6,11,15H,14H2,1-3H3. The van der Waals surface area contributed by atoms with Crippen LogP contribution in [0.5, 0.6) is 0 Å². The first-order valence-corrected chi connectivity index (χ1v) is 4.89. The van der Waals surface area contributed by atoms with Gasteiger partial charge in [-0.3, -0.25) is 11.3 Å². The minimum atomic E-state index is -0.560. The van der Waals surface area contributed by atoms with Gasteiger partial charge in [-0.05, 0) is 24.5 Å². The molecule has 3 N–H and O–H groups in total. The Morgan fingerprint density at radius 3 is 2.27 bits per heavy atom. The van der Waals surface area contributed by atoms with Gasteiger partial charge in [-0.25, -0.2) is 8.78 Å². The maximum absolute atomic E-state index is 13.5. The number of rotatable bonds is 3. The molecule has 0 aliphatic carbocycles. The molecule has 0 radical (unpaired) electrons. The minimum Gasteiger partial charge on any atom is -0.271 e. The Hall–Kier alpha value is -1.00. The van der Waals surface area contributed by atoms with Gasteiger partial charge in [-0.2, -0.15) is 0 Å². The lowest BCUT2D eigenvalue weighted by atomic mass is 9.95. The highest BCUT2D eigenvalue weighted by Crippen LogP contribution is 2.25. The molecule has 1 unspecified atom stereocenters. The summed E-state index contributed by atoms with van der Waals surface area (Å²) in [6.07, 6.45) is 0. The number of halogens is 2. The maximum Gasteiger partial charge on any atom is 0.130 e. The second kappa shape index (κ2) is 4.68. The Balaban J connectivity index is 3.18. The zero-order chi connectivity index (χ0) is 11.6. The summed E-state index contributed by atoms with van der Waals surface area (Å²) in [5.74, 6) is 4.39.